The number of nitrogens with two attached hydrogens (primary N) is 1. The fourth-order valence-electron chi connectivity index (χ4n) is 1.89. The van der Waals surface area contributed by atoms with Gasteiger partial charge in [-0.1, -0.05) is 0 Å². The van der Waals surface area contributed by atoms with Gasteiger partial charge in [0.1, 0.15) is 17.6 Å². The summed E-state index contributed by atoms with van der Waals surface area (Å²) in [6.45, 7) is 0.652. The molecule has 0 amide bonds. The number of nitrogens with zero attached hydrogens (tertiary/aromatic N) is 3. The molecule has 0 fully saturated rings. The largest absolute Gasteiger partial charge is 0.398 e. The molecule has 0 aromatic carbocycles. The summed E-state index contributed by atoms with van der Waals surface area (Å²) < 4.78 is 39.4. The Labute approximate surface area is 84.3 Å². The van der Waals surface area contributed by atoms with E-state index in [4.69, 9.17) is 5.73 Å². The predicted octanol–water partition coefficient (Wildman–Crippen LogP) is 1.18. The van der Waals surface area contributed by atoms with Crippen LogP contribution in [0.1, 0.15) is 30.4 Å². The standard InChI is InChI=1S/C8H11F3N4/c9-8(10,11)5-2-1-3-15-6(4-12)13-14-7(5)15/h5H,1-4,12H2/t5-/m1/s1. The zero-order valence-corrected chi connectivity index (χ0v) is 7.96. The van der Waals surface area contributed by atoms with Crippen LogP contribution in [0.15, 0.2) is 0 Å². The Morgan fingerprint density at radius 2 is 2.13 bits per heavy atom. The SMILES string of the molecule is NCc1nnc2n1CCC[C@H]2C(F)(F)F. The van der Waals surface area contributed by atoms with Crippen LogP contribution in [0.3, 0.4) is 0 Å². The maximum absolute atomic E-state index is 12.6. The number of aromatic nitrogens is 3. The Kier molecular flexibility index (Phi) is 2.41. The lowest BCUT2D eigenvalue weighted by atomic mass is 9.98. The van der Waals surface area contributed by atoms with Crippen LogP contribution < -0.4 is 5.73 Å². The Balaban J connectivity index is 2.39. The second kappa shape index (κ2) is 3.48. The van der Waals surface area contributed by atoms with Crippen molar-refractivity contribution >= 4 is 0 Å². The van der Waals surface area contributed by atoms with E-state index in [1.807, 2.05) is 0 Å². The van der Waals surface area contributed by atoms with Crippen molar-refractivity contribution < 1.29 is 13.2 Å². The van der Waals surface area contributed by atoms with Crippen molar-refractivity contribution in [3.8, 4) is 0 Å². The van der Waals surface area contributed by atoms with E-state index in [2.05, 4.69) is 10.2 Å². The molecule has 0 bridgehead atoms. The first kappa shape index (κ1) is 10.4. The molecule has 0 saturated heterocycles. The zero-order valence-electron chi connectivity index (χ0n) is 7.96. The van der Waals surface area contributed by atoms with Gasteiger partial charge in [-0.15, -0.1) is 10.2 Å². The molecule has 84 valence electrons. The van der Waals surface area contributed by atoms with Gasteiger partial charge < -0.3 is 10.3 Å². The Bertz CT molecular complexity index is 357. The first-order chi connectivity index (χ1) is 7.04. The fraction of sp³-hybridized carbons (Fsp3) is 0.750. The van der Waals surface area contributed by atoms with Crippen LogP contribution in [0.5, 0.6) is 0 Å². The molecule has 0 spiro atoms. The second-order valence-corrected chi connectivity index (χ2v) is 3.57. The lowest BCUT2D eigenvalue weighted by molar-refractivity contribution is -0.156. The molecule has 4 nitrogen and oxygen atoms in total. The van der Waals surface area contributed by atoms with E-state index in [-0.39, 0.29) is 18.8 Å². The first-order valence-electron chi connectivity index (χ1n) is 4.73. The summed E-state index contributed by atoms with van der Waals surface area (Å²) in [4.78, 5) is 0. The van der Waals surface area contributed by atoms with E-state index < -0.39 is 12.1 Å². The molecule has 1 aromatic heterocycles. The van der Waals surface area contributed by atoms with Crippen LogP contribution in [0.4, 0.5) is 13.2 Å². The summed E-state index contributed by atoms with van der Waals surface area (Å²) in [6, 6.07) is 0. The number of alkyl halides is 3. The topological polar surface area (TPSA) is 56.7 Å². The molecule has 1 aliphatic rings. The van der Waals surface area contributed by atoms with Crippen LogP contribution in [0.2, 0.25) is 0 Å². The van der Waals surface area contributed by atoms with Gasteiger partial charge in [0.15, 0.2) is 0 Å². The fourth-order valence-corrected chi connectivity index (χ4v) is 1.89. The molecule has 0 unspecified atom stereocenters. The molecule has 0 saturated carbocycles. The summed E-state index contributed by atoms with van der Waals surface area (Å²) in [5, 5.41) is 7.26. The average Bonchev–Trinajstić information content (AvgIpc) is 2.58. The van der Waals surface area contributed by atoms with E-state index in [0.29, 0.717) is 18.8 Å². The summed E-state index contributed by atoms with van der Waals surface area (Å²) in [6.07, 6.45) is -3.66. The van der Waals surface area contributed by atoms with Crippen molar-refractivity contribution in [2.45, 2.75) is 38.0 Å². The Morgan fingerprint density at radius 3 is 2.73 bits per heavy atom. The van der Waals surface area contributed by atoms with Crippen molar-refractivity contribution in [1.82, 2.24) is 14.8 Å². The van der Waals surface area contributed by atoms with E-state index in [1.165, 1.54) is 4.57 Å². The van der Waals surface area contributed by atoms with Gasteiger partial charge >= 0.3 is 6.18 Å². The molecule has 2 rings (SSSR count). The Hall–Kier alpha value is -1.11. The number of fused-ring (bicyclic) bond motifs is 1. The molecule has 1 aliphatic heterocycles. The van der Waals surface area contributed by atoms with E-state index in [9.17, 15) is 13.2 Å². The second-order valence-electron chi connectivity index (χ2n) is 3.57. The summed E-state index contributed by atoms with van der Waals surface area (Å²) in [7, 11) is 0. The number of hydrogen-bond donors (Lipinski definition) is 1. The van der Waals surface area contributed by atoms with Gasteiger partial charge in [0.05, 0.1) is 6.54 Å². The third-order valence-electron chi connectivity index (χ3n) is 2.62. The minimum Gasteiger partial charge on any atom is -0.324 e. The van der Waals surface area contributed by atoms with E-state index >= 15 is 0 Å². The van der Waals surface area contributed by atoms with Gasteiger partial charge in [-0.25, -0.2) is 0 Å². The van der Waals surface area contributed by atoms with Gasteiger partial charge in [0.2, 0.25) is 0 Å². The van der Waals surface area contributed by atoms with Crippen molar-refractivity contribution in [3.63, 3.8) is 0 Å². The summed E-state index contributed by atoms with van der Waals surface area (Å²) >= 11 is 0. The highest BCUT2D eigenvalue weighted by atomic mass is 19.4. The molecule has 7 heteroatoms. The molecular formula is C8H11F3N4. The molecular weight excluding hydrogens is 209 g/mol. The maximum Gasteiger partial charge on any atom is 0.398 e. The van der Waals surface area contributed by atoms with Crippen LogP contribution in [0, 0.1) is 0 Å². The highest BCUT2D eigenvalue weighted by molar-refractivity contribution is 5.07. The molecule has 2 N–H and O–H groups in total. The average molecular weight is 220 g/mol. The molecule has 1 atom stereocenters. The third-order valence-corrected chi connectivity index (χ3v) is 2.62. The minimum absolute atomic E-state index is 0.00852. The summed E-state index contributed by atoms with van der Waals surface area (Å²) in [5.74, 6) is -1.05. The van der Waals surface area contributed by atoms with Crippen molar-refractivity contribution in [2.75, 3.05) is 0 Å². The minimum atomic E-state index is -4.24. The highest BCUT2D eigenvalue weighted by Gasteiger charge is 2.45. The van der Waals surface area contributed by atoms with Crippen molar-refractivity contribution in [2.24, 2.45) is 5.73 Å². The van der Waals surface area contributed by atoms with Gasteiger partial charge in [0, 0.05) is 6.54 Å². The zero-order chi connectivity index (χ0) is 11.1. The lowest BCUT2D eigenvalue weighted by Gasteiger charge is -2.25. The normalized spacial score (nSPS) is 21.5. The Morgan fingerprint density at radius 1 is 1.40 bits per heavy atom. The van der Waals surface area contributed by atoms with Gasteiger partial charge in [0.25, 0.3) is 0 Å². The number of rotatable bonds is 1. The van der Waals surface area contributed by atoms with E-state index in [0.717, 1.165) is 0 Å². The van der Waals surface area contributed by atoms with Gasteiger partial charge in [-0.3, -0.25) is 0 Å². The predicted molar refractivity (Wildman–Crippen MR) is 45.9 cm³/mol. The maximum atomic E-state index is 12.6. The molecule has 0 radical (unpaired) electrons. The number of halogens is 3. The van der Waals surface area contributed by atoms with Gasteiger partial charge in [-0.2, -0.15) is 13.2 Å². The molecule has 2 heterocycles. The van der Waals surface area contributed by atoms with Crippen molar-refractivity contribution in [3.05, 3.63) is 11.6 Å². The lowest BCUT2D eigenvalue weighted by Crippen LogP contribution is -2.29. The molecule has 0 aliphatic carbocycles. The number of hydrogen-bond acceptors (Lipinski definition) is 3. The molecule has 15 heavy (non-hydrogen) atoms. The highest BCUT2D eigenvalue weighted by Crippen LogP contribution is 2.39. The monoisotopic (exact) mass is 220 g/mol. The summed E-state index contributed by atoms with van der Waals surface area (Å²) in [5.41, 5.74) is 5.37. The smallest absolute Gasteiger partial charge is 0.324 e. The first-order valence-corrected chi connectivity index (χ1v) is 4.73. The molecule has 1 aromatic rings. The van der Waals surface area contributed by atoms with Crippen molar-refractivity contribution in [1.29, 1.82) is 0 Å². The van der Waals surface area contributed by atoms with Crippen LogP contribution in [0.25, 0.3) is 0 Å². The van der Waals surface area contributed by atoms with E-state index in [1.54, 1.807) is 0 Å². The quantitative estimate of drug-likeness (QED) is 0.773. The van der Waals surface area contributed by atoms with Crippen LogP contribution in [-0.4, -0.2) is 20.9 Å². The third kappa shape index (κ3) is 1.71. The van der Waals surface area contributed by atoms with Crippen LogP contribution >= 0.6 is 0 Å². The van der Waals surface area contributed by atoms with Crippen LogP contribution in [-0.2, 0) is 13.1 Å². The van der Waals surface area contributed by atoms with Gasteiger partial charge in [-0.05, 0) is 12.8 Å².